The van der Waals surface area contributed by atoms with Gasteiger partial charge in [-0.15, -0.1) is 0 Å². The number of azo groups is 1. The van der Waals surface area contributed by atoms with E-state index in [1.54, 1.807) is 6.92 Å². The molecule has 0 saturated heterocycles. The lowest BCUT2D eigenvalue weighted by Crippen LogP contribution is -2.32. The molecule has 2 aromatic carbocycles. The van der Waals surface area contributed by atoms with Gasteiger partial charge in [-0.2, -0.15) is 10.2 Å². The van der Waals surface area contributed by atoms with E-state index in [0.29, 0.717) is 40.5 Å². The van der Waals surface area contributed by atoms with E-state index in [1.807, 2.05) is 6.92 Å². The molecule has 0 heterocycles. The number of ketones is 1. The Morgan fingerprint density at radius 2 is 1.64 bits per heavy atom. The average Bonchev–Trinajstić information content (AvgIpc) is 2.76. The first-order chi connectivity index (χ1) is 15.7. The number of ether oxygens (including phenoxy) is 4. The van der Waals surface area contributed by atoms with Crippen molar-refractivity contribution in [2.24, 2.45) is 10.2 Å². The topological polar surface area (TPSA) is 108 Å². The lowest BCUT2D eigenvalue weighted by atomic mass is 10.2. The number of nitrogens with one attached hydrogen (secondary N) is 1. The molecule has 0 aliphatic rings. The Hall–Kier alpha value is -3.04. The second kappa shape index (κ2) is 12.3. The molecule has 2 aromatic rings. The summed E-state index contributed by atoms with van der Waals surface area (Å²) in [5.74, 6) is 0.00117. The Balaban J connectivity index is 2.39. The van der Waals surface area contributed by atoms with Gasteiger partial charge in [-0.1, -0.05) is 23.2 Å². The first kappa shape index (κ1) is 26.2. The molecule has 178 valence electrons. The molecule has 1 atom stereocenters. The lowest BCUT2D eigenvalue weighted by Gasteiger charge is -2.16. The summed E-state index contributed by atoms with van der Waals surface area (Å²) in [6.45, 7) is 5.57. The molecule has 0 saturated carbocycles. The Morgan fingerprint density at radius 3 is 2.21 bits per heavy atom. The Labute approximate surface area is 202 Å². The van der Waals surface area contributed by atoms with Crippen LogP contribution in [-0.2, 0) is 9.59 Å². The van der Waals surface area contributed by atoms with Crippen LogP contribution in [0.3, 0.4) is 0 Å². The molecule has 1 amide bonds. The fourth-order valence-corrected chi connectivity index (χ4v) is 3.22. The molecule has 0 aromatic heterocycles. The van der Waals surface area contributed by atoms with Gasteiger partial charge in [0.15, 0.2) is 17.3 Å². The third kappa shape index (κ3) is 6.72. The normalized spacial score (nSPS) is 11.7. The predicted molar refractivity (Wildman–Crippen MR) is 126 cm³/mol. The van der Waals surface area contributed by atoms with Gasteiger partial charge in [0.25, 0.3) is 5.91 Å². The standard InChI is InChI=1S/C22H25Cl2N3O6/c1-6-32-17-11-15(18(33-7-2)10-14(17)24)26-27-20(12(3)28)22(29)25-16-8-13(23)9-19(30-4)21(16)31-5/h8-11,20H,6-7H2,1-5H3,(H,25,29). The van der Waals surface area contributed by atoms with Crippen LogP contribution in [-0.4, -0.2) is 45.2 Å². The molecule has 0 aliphatic heterocycles. The van der Waals surface area contributed by atoms with E-state index in [0.717, 1.165) is 0 Å². The molecule has 0 radical (unpaired) electrons. The van der Waals surface area contributed by atoms with Gasteiger partial charge in [0.05, 0.1) is 38.1 Å². The van der Waals surface area contributed by atoms with Gasteiger partial charge in [-0.05, 0) is 26.8 Å². The highest BCUT2D eigenvalue weighted by Crippen LogP contribution is 2.39. The zero-order valence-corrected chi connectivity index (χ0v) is 20.4. The highest BCUT2D eigenvalue weighted by Gasteiger charge is 2.25. The van der Waals surface area contributed by atoms with Crippen molar-refractivity contribution in [3.8, 4) is 23.0 Å². The van der Waals surface area contributed by atoms with E-state index in [4.69, 9.17) is 42.1 Å². The minimum absolute atomic E-state index is 0.216. The van der Waals surface area contributed by atoms with E-state index >= 15 is 0 Å². The van der Waals surface area contributed by atoms with Gasteiger partial charge in [0.1, 0.15) is 17.2 Å². The van der Waals surface area contributed by atoms with Crippen LogP contribution in [0, 0.1) is 0 Å². The van der Waals surface area contributed by atoms with Crippen molar-refractivity contribution in [2.75, 3.05) is 32.8 Å². The molecule has 0 fully saturated rings. The highest BCUT2D eigenvalue weighted by atomic mass is 35.5. The molecule has 33 heavy (non-hydrogen) atoms. The number of rotatable bonds is 11. The third-order valence-corrected chi connectivity index (χ3v) is 4.74. The molecule has 0 aliphatic carbocycles. The summed E-state index contributed by atoms with van der Waals surface area (Å²) in [6.07, 6.45) is 0. The van der Waals surface area contributed by atoms with Crippen molar-refractivity contribution in [3.05, 3.63) is 34.3 Å². The van der Waals surface area contributed by atoms with Crippen LogP contribution in [0.25, 0.3) is 0 Å². The number of benzene rings is 2. The molecular weight excluding hydrogens is 473 g/mol. The first-order valence-electron chi connectivity index (χ1n) is 9.98. The Kier molecular flexibility index (Phi) is 9.74. The number of halogens is 2. The number of hydrogen-bond acceptors (Lipinski definition) is 8. The highest BCUT2D eigenvalue weighted by molar-refractivity contribution is 6.32. The van der Waals surface area contributed by atoms with E-state index in [-0.39, 0.29) is 17.1 Å². The Morgan fingerprint density at radius 1 is 0.970 bits per heavy atom. The van der Waals surface area contributed by atoms with E-state index in [1.165, 1.54) is 45.4 Å². The minimum atomic E-state index is -1.44. The maximum atomic E-state index is 12.9. The van der Waals surface area contributed by atoms with Crippen LogP contribution < -0.4 is 24.3 Å². The van der Waals surface area contributed by atoms with Crippen molar-refractivity contribution >= 4 is 46.3 Å². The molecule has 2 rings (SSSR count). The summed E-state index contributed by atoms with van der Waals surface area (Å²) < 4.78 is 21.5. The molecule has 9 nitrogen and oxygen atoms in total. The number of hydrogen-bond donors (Lipinski definition) is 1. The predicted octanol–water partition coefficient (Wildman–Crippen LogP) is 5.49. The molecule has 0 spiro atoms. The van der Waals surface area contributed by atoms with Gasteiger partial charge in [0.2, 0.25) is 6.04 Å². The fraction of sp³-hybridized carbons (Fsp3) is 0.364. The second-order valence-corrected chi connectivity index (χ2v) is 7.37. The SMILES string of the molecule is CCOc1cc(N=NC(C(C)=O)C(=O)Nc2cc(Cl)cc(OC)c2OC)c(OCC)cc1Cl. The number of nitrogens with zero attached hydrogens (tertiary/aromatic N) is 2. The number of Topliss-reactive ketones (excluding diaryl/α,β-unsaturated/α-hetero) is 1. The van der Waals surface area contributed by atoms with Crippen LogP contribution in [0.5, 0.6) is 23.0 Å². The minimum Gasteiger partial charge on any atom is -0.493 e. The van der Waals surface area contributed by atoms with Crippen molar-refractivity contribution in [1.82, 2.24) is 0 Å². The monoisotopic (exact) mass is 497 g/mol. The summed E-state index contributed by atoms with van der Waals surface area (Å²) in [4.78, 5) is 25.1. The molecular formula is C22H25Cl2N3O6. The first-order valence-corrected chi connectivity index (χ1v) is 10.7. The maximum Gasteiger partial charge on any atom is 0.258 e. The van der Waals surface area contributed by atoms with E-state index in [2.05, 4.69) is 15.5 Å². The summed E-state index contributed by atoms with van der Waals surface area (Å²) >= 11 is 12.3. The van der Waals surface area contributed by atoms with Crippen LogP contribution >= 0.6 is 23.2 Å². The van der Waals surface area contributed by atoms with E-state index < -0.39 is 17.7 Å². The number of amides is 1. The van der Waals surface area contributed by atoms with Gasteiger partial charge < -0.3 is 24.3 Å². The number of carbonyl (C=O) groups excluding carboxylic acids is 2. The van der Waals surface area contributed by atoms with Crippen molar-refractivity contribution in [3.63, 3.8) is 0 Å². The van der Waals surface area contributed by atoms with Gasteiger partial charge in [-0.3, -0.25) is 9.59 Å². The summed E-state index contributed by atoms with van der Waals surface area (Å²) in [5, 5.41) is 11.3. The number of anilines is 1. The van der Waals surface area contributed by atoms with Crippen molar-refractivity contribution in [2.45, 2.75) is 26.8 Å². The number of methoxy groups -OCH3 is 2. The quantitative estimate of drug-likeness (QED) is 0.324. The van der Waals surface area contributed by atoms with Crippen molar-refractivity contribution < 1.29 is 28.5 Å². The van der Waals surface area contributed by atoms with Gasteiger partial charge in [0, 0.05) is 23.2 Å². The zero-order valence-electron chi connectivity index (χ0n) is 18.9. The fourth-order valence-electron chi connectivity index (χ4n) is 2.80. The van der Waals surface area contributed by atoms with Crippen molar-refractivity contribution in [1.29, 1.82) is 0 Å². The van der Waals surface area contributed by atoms with E-state index in [9.17, 15) is 9.59 Å². The van der Waals surface area contributed by atoms with Crippen LogP contribution in [0.1, 0.15) is 20.8 Å². The van der Waals surface area contributed by atoms with Crippen LogP contribution in [0.15, 0.2) is 34.5 Å². The van der Waals surface area contributed by atoms with Gasteiger partial charge >= 0.3 is 0 Å². The number of carbonyl (C=O) groups is 2. The molecule has 1 N–H and O–H groups in total. The smallest absolute Gasteiger partial charge is 0.258 e. The van der Waals surface area contributed by atoms with Crippen LogP contribution in [0.4, 0.5) is 11.4 Å². The molecule has 0 bridgehead atoms. The second-order valence-electron chi connectivity index (χ2n) is 6.52. The maximum absolute atomic E-state index is 12.9. The zero-order chi connectivity index (χ0) is 24.5. The Bertz CT molecular complexity index is 1050. The average molecular weight is 498 g/mol. The molecule has 11 heteroatoms. The lowest BCUT2D eigenvalue weighted by molar-refractivity contribution is -0.126. The van der Waals surface area contributed by atoms with Crippen LogP contribution in [0.2, 0.25) is 10.0 Å². The summed E-state index contributed by atoms with van der Waals surface area (Å²) in [6, 6.07) is 4.62. The molecule has 1 unspecified atom stereocenters. The third-order valence-electron chi connectivity index (χ3n) is 4.23. The van der Waals surface area contributed by atoms with Gasteiger partial charge in [-0.25, -0.2) is 0 Å². The largest absolute Gasteiger partial charge is 0.493 e. The summed E-state index contributed by atoms with van der Waals surface area (Å²) in [7, 11) is 2.85. The summed E-state index contributed by atoms with van der Waals surface area (Å²) in [5.41, 5.74) is 0.471.